The van der Waals surface area contributed by atoms with E-state index in [4.69, 9.17) is 9.72 Å². The fourth-order valence-corrected chi connectivity index (χ4v) is 4.02. The predicted molar refractivity (Wildman–Crippen MR) is 111 cm³/mol. The Morgan fingerprint density at radius 3 is 2.62 bits per heavy atom. The molecule has 0 aromatic carbocycles. The van der Waals surface area contributed by atoms with E-state index in [0.717, 1.165) is 67.8 Å². The second kappa shape index (κ2) is 7.68. The summed E-state index contributed by atoms with van der Waals surface area (Å²) in [7, 11) is 0. The van der Waals surface area contributed by atoms with Crippen molar-refractivity contribution < 1.29 is 4.74 Å². The summed E-state index contributed by atoms with van der Waals surface area (Å²) in [4.78, 5) is 23.2. The van der Waals surface area contributed by atoms with Gasteiger partial charge in [0, 0.05) is 50.5 Å². The first-order valence-electron chi connectivity index (χ1n) is 10.4. The van der Waals surface area contributed by atoms with Crippen molar-refractivity contribution in [3.63, 3.8) is 0 Å². The van der Waals surface area contributed by atoms with Crippen molar-refractivity contribution in [3.8, 4) is 0 Å². The number of hydrogen-bond acceptors (Lipinski definition) is 7. The van der Waals surface area contributed by atoms with Crippen molar-refractivity contribution >= 4 is 17.0 Å². The number of pyridine rings is 1. The van der Waals surface area contributed by atoms with Crippen molar-refractivity contribution in [2.45, 2.75) is 32.4 Å². The van der Waals surface area contributed by atoms with Gasteiger partial charge >= 0.3 is 0 Å². The number of nitrogens with zero attached hydrogens (tertiary/aromatic N) is 7. The molecule has 0 amide bonds. The van der Waals surface area contributed by atoms with Gasteiger partial charge in [-0.1, -0.05) is 0 Å². The summed E-state index contributed by atoms with van der Waals surface area (Å²) < 4.78 is 7.50. The van der Waals surface area contributed by atoms with Gasteiger partial charge in [-0.3, -0.25) is 9.88 Å². The number of anilines is 1. The number of fused-ring (bicyclic) bond motifs is 1. The molecule has 0 aliphatic carbocycles. The van der Waals surface area contributed by atoms with Crippen LogP contribution in [0.4, 0.5) is 5.95 Å². The Hall–Kier alpha value is -2.58. The highest BCUT2D eigenvalue weighted by molar-refractivity contribution is 5.74. The molecule has 0 bridgehead atoms. The van der Waals surface area contributed by atoms with Crippen LogP contribution in [0.15, 0.2) is 30.9 Å². The number of rotatable bonds is 5. The van der Waals surface area contributed by atoms with Crippen LogP contribution in [0.3, 0.4) is 0 Å². The molecule has 3 aromatic heterocycles. The lowest BCUT2D eigenvalue weighted by atomic mass is 10.2. The maximum atomic E-state index is 5.32. The normalized spacial score (nSPS) is 18.5. The highest BCUT2D eigenvalue weighted by atomic mass is 16.5. The Labute approximate surface area is 170 Å². The monoisotopic (exact) mass is 393 g/mol. The molecule has 2 aliphatic rings. The highest BCUT2D eigenvalue weighted by Gasteiger charge is 2.29. The molecule has 0 spiro atoms. The van der Waals surface area contributed by atoms with Gasteiger partial charge in [-0.25, -0.2) is 15.0 Å². The van der Waals surface area contributed by atoms with Crippen LogP contribution in [-0.2, 0) is 11.2 Å². The minimum atomic E-state index is 0.367. The number of piperazine rings is 1. The van der Waals surface area contributed by atoms with Crippen molar-refractivity contribution in [3.05, 3.63) is 42.2 Å². The lowest BCUT2D eigenvalue weighted by molar-refractivity contribution is -0.0661. The van der Waals surface area contributed by atoms with E-state index in [9.17, 15) is 0 Å². The molecule has 2 saturated heterocycles. The molecule has 5 rings (SSSR count). The Balaban J connectivity index is 1.30. The van der Waals surface area contributed by atoms with Gasteiger partial charge in [-0.2, -0.15) is 0 Å². The van der Waals surface area contributed by atoms with Crippen LogP contribution < -0.4 is 4.90 Å². The maximum Gasteiger partial charge on any atom is 0.225 e. The molecule has 0 atom stereocenters. The van der Waals surface area contributed by atoms with E-state index in [1.807, 2.05) is 24.8 Å². The first kappa shape index (κ1) is 18.4. The van der Waals surface area contributed by atoms with Gasteiger partial charge in [0.05, 0.1) is 43.0 Å². The average molecular weight is 393 g/mol. The minimum Gasteiger partial charge on any atom is -0.378 e. The quantitative estimate of drug-likeness (QED) is 0.656. The molecule has 29 heavy (non-hydrogen) atoms. The topological polar surface area (TPSA) is 72.2 Å². The Morgan fingerprint density at radius 2 is 1.90 bits per heavy atom. The molecule has 5 heterocycles. The molecule has 0 N–H and O–H groups in total. The van der Waals surface area contributed by atoms with Crippen LogP contribution in [-0.4, -0.2) is 74.8 Å². The fourth-order valence-electron chi connectivity index (χ4n) is 4.02. The minimum absolute atomic E-state index is 0.367. The Morgan fingerprint density at radius 1 is 1.07 bits per heavy atom. The summed E-state index contributed by atoms with van der Waals surface area (Å²) in [5.74, 6) is 0.820. The van der Waals surface area contributed by atoms with E-state index in [0.29, 0.717) is 18.5 Å². The molecular formula is C21H27N7O. The van der Waals surface area contributed by atoms with E-state index in [2.05, 4.69) is 49.2 Å². The standard InChI is InChI=1S/C21H27N7O/c1-15(2)28-14-24-19-11-23-17(10-20(19)28)9-16-3-4-22-21(25-16)27-7-5-26(6-8-27)18-12-29-13-18/h3-4,10-11,14-15,18H,5-9,12-13H2,1-2H3. The number of ether oxygens (including phenoxy) is 1. The SMILES string of the molecule is CC(C)n1cnc2cnc(Cc3ccnc(N4CCN(C5COC5)CC4)n3)cc21. The molecule has 8 heteroatoms. The van der Waals surface area contributed by atoms with E-state index >= 15 is 0 Å². The average Bonchev–Trinajstić information content (AvgIpc) is 3.11. The summed E-state index contributed by atoms with van der Waals surface area (Å²) in [6.45, 7) is 10.1. The Bertz CT molecular complexity index is 990. The third-order valence-electron chi connectivity index (χ3n) is 5.87. The molecule has 0 saturated carbocycles. The third kappa shape index (κ3) is 3.70. The van der Waals surface area contributed by atoms with Gasteiger partial charge in [-0.05, 0) is 26.0 Å². The summed E-state index contributed by atoms with van der Waals surface area (Å²) in [5, 5.41) is 0. The van der Waals surface area contributed by atoms with Crippen molar-refractivity contribution in [2.24, 2.45) is 0 Å². The van der Waals surface area contributed by atoms with Gasteiger partial charge in [-0.15, -0.1) is 0 Å². The first-order chi connectivity index (χ1) is 14.2. The fraction of sp³-hybridized carbons (Fsp3) is 0.524. The zero-order valence-electron chi connectivity index (χ0n) is 17.0. The van der Waals surface area contributed by atoms with Crippen LogP contribution in [0.2, 0.25) is 0 Å². The maximum absolute atomic E-state index is 5.32. The summed E-state index contributed by atoms with van der Waals surface area (Å²) in [6.07, 6.45) is 6.29. The van der Waals surface area contributed by atoms with Gasteiger partial charge in [0.25, 0.3) is 0 Å². The molecule has 8 nitrogen and oxygen atoms in total. The summed E-state index contributed by atoms with van der Waals surface area (Å²) in [6, 6.07) is 5.08. The van der Waals surface area contributed by atoms with Gasteiger partial charge in [0.15, 0.2) is 0 Å². The smallest absolute Gasteiger partial charge is 0.225 e. The molecule has 0 radical (unpaired) electrons. The van der Waals surface area contributed by atoms with Crippen LogP contribution in [0.1, 0.15) is 31.3 Å². The summed E-state index contributed by atoms with van der Waals surface area (Å²) >= 11 is 0. The lowest BCUT2D eigenvalue weighted by Gasteiger charge is -2.42. The van der Waals surface area contributed by atoms with Crippen molar-refractivity contribution in [1.29, 1.82) is 0 Å². The molecule has 152 valence electrons. The lowest BCUT2D eigenvalue weighted by Crippen LogP contribution is -2.56. The molecule has 0 unspecified atom stereocenters. The second-order valence-electron chi connectivity index (χ2n) is 8.15. The van der Waals surface area contributed by atoms with Crippen LogP contribution in [0.25, 0.3) is 11.0 Å². The van der Waals surface area contributed by atoms with Crippen molar-refractivity contribution in [2.75, 3.05) is 44.3 Å². The highest BCUT2D eigenvalue weighted by Crippen LogP contribution is 2.20. The van der Waals surface area contributed by atoms with E-state index in [-0.39, 0.29) is 0 Å². The number of aromatic nitrogens is 5. The first-order valence-corrected chi connectivity index (χ1v) is 10.4. The van der Waals surface area contributed by atoms with Gasteiger partial charge < -0.3 is 14.2 Å². The molecular weight excluding hydrogens is 366 g/mol. The zero-order chi connectivity index (χ0) is 19.8. The second-order valence-corrected chi connectivity index (χ2v) is 8.15. The van der Waals surface area contributed by atoms with Gasteiger partial charge in [0.1, 0.15) is 5.52 Å². The Kier molecular flexibility index (Phi) is 4.89. The largest absolute Gasteiger partial charge is 0.378 e. The zero-order valence-corrected chi connectivity index (χ0v) is 17.0. The summed E-state index contributed by atoms with van der Waals surface area (Å²) in [5.41, 5.74) is 4.04. The molecule has 2 aliphatic heterocycles. The van der Waals surface area contributed by atoms with Crippen LogP contribution in [0.5, 0.6) is 0 Å². The third-order valence-corrected chi connectivity index (χ3v) is 5.87. The number of imidazole rings is 1. The van der Waals surface area contributed by atoms with Gasteiger partial charge in [0.2, 0.25) is 5.95 Å². The molecule has 3 aromatic rings. The van der Waals surface area contributed by atoms with Crippen LogP contribution in [0, 0.1) is 0 Å². The van der Waals surface area contributed by atoms with Crippen LogP contribution >= 0.6 is 0 Å². The molecule has 2 fully saturated rings. The number of hydrogen-bond donors (Lipinski definition) is 0. The van der Waals surface area contributed by atoms with Crippen molar-refractivity contribution in [1.82, 2.24) is 29.4 Å². The van der Waals surface area contributed by atoms with E-state index < -0.39 is 0 Å². The van der Waals surface area contributed by atoms with E-state index in [1.54, 1.807) is 0 Å². The predicted octanol–water partition coefficient (Wildman–Crippen LogP) is 1.91. The van der Waals surface area contributed by atoms with E-state index in [1.165, 1.54) is 0 Å².